The van der Waals surface area contributed by atoms with Crippen LogP contribution >= 0.6 is 24.8 Å². The van der Waals surface area contributed by atoms with Gasteiger partial charge in [0.15, 0.2) is 0 Å². The summed E-state index contributed by atoms with van der Waals surface area (Å²) in [5, 5.41) is 0. The molecule has 0 bridgehead atoms. The topological polar surface area (TPSA) is 0 Å². The van der Waals surface area contributed by atoms with E-state index in [-0.39, 0.29) is 24.8 Å². The van der Waals surface area contributed by atoms with Gasteiger partial charge in [-0.1, -0.05) is 53.4 Å². The maximum atomic E-state index is 3.39. The molecule has 4 heteroatoms. The zero-order valence-electron chi connectivity index (χ0n) is 22.3. The van der Waals surface area contributed by atoms with E-state index in [1.165, 1.54) is 33.4 Å². The summed E-state index contributed by atoms with van der Waals surface area (Å²) in [5.74, 6) is 1.12. The van der Waals surface area contributed by atoms with Crippen molar-refractivity contribution in [2.75, 3.05) is 0 Å². The van der Waals surface area contributed by atoms with Gasteiger partial charge in [0.25, 0.3) is 0 Å². The van der Waals surface area contributed by atoms with Gasteiger partial charge in [-0.2, -0.15) is 34.4 Å². The van der Waals surface area contributed by atoms with E-state index in [4.69, 9.17) is 0 Å². The van der Waals surface area contributed by atoms with Crippen LogP contribution in [-0.4, -0.2) is 8.52 Å². The van der Waals surface area contributed by atoms with Gasteiger partial charge in [-0.25, -0.2) is 35.5 Å². The first-order valence-corrected chi connectivity index (χ1v) is 16.0. The first kappa shape index (κ1) is 41.1. The van der Waals surface area contributed by atoms with Crippen LogP contribution < -0.4 is 0 Å². The zero-order valence-corrected chi connectivity index (χ0v) is 31.1. The summed E-state index contributed by atoms with van der Waals surface area (Å²) in [6, 6.07) is 0. The molecule has 0 aromatic rings. The van der Waals surface area contributed by atoms with Crippen LogP contribution in [0.15, 0.2) is 69.9 Å². The monoisotopic (exact) mass is 832 g/mol. The van der Waals surface area contributed by atoms with Crippen molar-refractivity contribution < 1.29 is 47.8 Å². The number of hydrogen-bond donors (Lipinski definition) is 0. The van der Waals surface area contributed by atoms with Gasteiger partial charge >= 0.3 is 56.3 Å². The normalized spacial score (nSPS) is 19.9. The van der Waals surface area contributed by atoms with Crippen LogP contribution in [0, 0.1) is 36.1 Å². The molecule has 0 saturated carbocycles. The first-order chi connectivity index (χ1) is 15.3. The summed E-state index contributed by atoms with van der Waals surface area (Å²) in [5.41, 5.74) is 8.49. The van der Waals surface area contributed by atoms with E-state index < -0.39 is 0 Å². The van der Waals surface area contributed by atoms with Gasteiger partial charge in [0, 0.05) is 0 Å². The van der Waals surface area contributed by atoms with Gasteiger partial charge in [-0.05, 0) is 0 Å². The van der Waals surface area contributed by atoms with E-state index in [9.17, 15) is 0 Å². The summed E-state index contributed by atoms with van der Waals surface area (Å²) in [4.78, 5) is 0. The van der Waals surface area contributed by atoms with Gasteiger partial charge in [0.1, 0.15) is 0 Å². The van der Waals surface area contributed by atoms with Crippen LogP contribution in [-0.2, 0) is 47.8 Å². The van der Waals surface area contributed by atoms with E-state index >= 15 is 0 Å². The third kappa shape index (κ3) is 17.4. The predicted molar refractivity (Wildman–Crippen MR) is 152 cm³/mol. The van der Waals surface area contributed by atoms with E-state index in [0.29, 0.717) is 11.8 Å². The average Bonchev–Trinajstić information content (AvgIpc) is 3.63. The fourth-order valence-corrected chi connectivity index (χ4v) is 3.00. The second-order valence-corrected chi connectivity index (χ2v) is 7.60. The van der Waals surface area contributed by atoms with Crippen molar-refractivity contribution in [1.29, 1.82) is 0 Å². The van der Waals surface area contributed by atoms with Crippen LogP contribution in [0.5, 0.6) is 0 Å². The van der Waals surface area contributed by atoms with Crippen LogP contribution in [0.4, 0.5) is 0 Å². The minimum absolute atomic E-state index is 0. The summed E-state index contributed by atoms with van der Waals surface area (Å²) in [6.07, 6.45) is 26.7. The second-order valence-electron chi connectivity index (χ2n) is 7.60. The van der Waals surface area contributed by atoms with Gasteiger partial charge in [0.2, 0.25) is 0 Å². The average molecular weight is 831 g/mol. The molecule has 0 saturated heterocycles. The molecule has 0 heterocycles. The molecule has 2 atom stereocenters. The SMILES string of the molecule is CC1=[C-]C(C)C(C)=C1C.CC1=[C-]C(C)C(C)=C1C.Cl.Cl.[C-]1=CC=CC1.[C-]1=CC=CC1.[CH2]=[Hf+2].[CH2]=[Hf+2]. The molecule has 4 aliphatic carbocycles. The Kier molecular flexibility index (Phi) is 31.5. The molecule has 2 unspecified atom stereocenters. The molecule has 0 N–H and O–H groups in total. The quantitative estimate of drug-likeness (QED) is 0.169. The Morgan fingerprint density at radius 1 is 0.647 bits per heavy atom. The molecule has 4 aliphatic rings. The van der Waals surface area contributed by atoms with Gasteiger partial charge in [-0.15, -0.1) is 51.5 Å². The minimum atomic E-state index is 0. The predicted octanol–water partition coefficient (Wildman–Crippen LogP) is 8.83. The number of allylic oxidation sites excluding steroid dienone is 16. The maximum absolute atomic E-state index is 3.39. The van der Waals surface area contributed by atoms with E-state index in [2.05, 4.69) is 100 Å². The first-order valence-electron chi connectivity index (χ1n) is 11.0. The standard InChI is InChI=1S/2C9H13.2C5H5.2CH2.2ClH.2Hf/c2*1-6-5-7(2)9(4)8(6)3;2*1-2-4-5-3-1;;;;;;/h2*6H,1-4H3;2*1-3H,4H2;2*1H2;2*1H;;/q4*-1;;;;;2*+2. The van der Waals surface area contributed by atoms with Crippen molar-refractivity contribution in [3.63, 3.8) is 0 Å². The van der Waals surface area contributed by atoms with E-state index in [0.717, 1.165) is 60.6 Å². The number of rotatable bonds is 0. The van der Waals surface area contributed by atoms with Crippen molar-refractivity contribution in [1.82, 2.24) is 0 Å². The number of halogens is 2. The summed E-state index contributed by atoms with van der Waals surface area (Å²) in [7, 11) is 0. The molecule has 0 aromatic carbocycles. The Morgan fingerprint density at radius 3 is 1.00 bits per heavy atom. The third-order valence-corrected chi connectivity index (χ3v) is 5.64. The van der Waals surface area contributed by atoms with Crippen LogP contribution in [0.2, 0.25) is 0 Å². The molecule has 184 valence electrons. The summed E-state index contributed by atoms with van der Waals surface area (Å²) >= 11 is 2.11. The summed E-state index contributed by atoms with van der Waals surface area (Å²) in [6.45, 7) is 17.3. The molecule has 0 aliphatic heterocycles. The fraction of sp³-hybridized carbons (Fsp3) is 0.400. The molecule has 0 fully saturated rings. The molecule has 34 heavy (non-hydrogen) atoms. The molecular weight excluding hydrogens is 788 g/mol. The Bertz CT molecular complexity index is 718. The van der Waals surface area contributed by atoms with Crippen LogP contribution in [0.25, 0.3) is 0 Å². The van der Waals surface area contributed by atoms with Crippen molar-refractivity contribution >= 4 is 33.3 Å². The Balaban J connectivity index is -0.000000169. The van der Waals surface area contributed by atoms with E-state index in [1.807, 2.05) is 24.3 Å². The van der Waals surface area contributed by atoms with Gasteiger partial charge < -0.3 is 0 Å². The molecule has 0 aromatic heterocycles. The van der Waals surface area contributed by atoms with Crippen LogP contribution in [0.1, 0.15) is 68.2 Å². The second kappa shape index (κ2) is 26.1. The molecule has 4 rings (SSSR count). The van der Waals surface area contributed by atoms with Crippen molar-refractivity contribution in [2.24, 2.45) is 11.8 Å². The van der Waals surface area contributed by atoms with Gasteiger partial charge in [-0.3, -0.25) is 24.3 Å². The summed E-state index contributed by atoms with van der Waals surface area (Å²) < 4.78 is 6.78. The Morgan fingerprint density at radius 2 is 0.941 bits per heavy atom. The van der Waals surface area contributed by atoms with Gasteiger partial charge in [0.05, 0.1) is 0 Å². The molecule has 0 amide bonds. The molecular formula is C30H42Cl2Hf2. The van der Waals surface area contributed by atoms with Crippen molar-refractivity contribution in [2.45, 2.75) is 68.2 Å². The number of hydrogen-bond acceptors (Lipinski definition) is 0. The Labute approximate surface area is 253 Å². The fourth-order valence-electron chi connectivity index (χ4n) is 3.00. The Hall–Kier alpha value is -0.0197. The molecule has 0 spiro atoms. The molecule has 0 radical (unpaired) electrons. The van der Waals surface area contributed by atoms with Crippen molar-refractivity contribution in [3.8, 4) is 0 Å². The van der Waals surface area contributed by atoms with Crippen molar-refractivity contribution in [3.05, 3.63) is 94.2 Å². The van der Waals surface area contributed by atoms with Crippen LogP contribution in [0.3, 0.4) is 0 Å². The molecule has 0 nitrogen and oxygen atoms in total. The van der Waals surface area contributed by atoms with E-state index in [1.54, 1.807) is 0 Å². The zero-order chi connectivity index (χ0) is 25.1. The third-order valence-electron chi connectivity index (χ3n) is 5.64.